The van der Waals surface area contributed by atoms with Gasteiger partial charge in [-0.15, -0.1) is 0 Å². The lowest BCUT2D eigenvalue weighted by atomic mass is 9.95. The Morgan fingerprint density at radius 2 is 1.63 bits per heavy atom. The van der Waals surface area contributed by atoms with Gasteiger partial charge in [0.2, 0.25) is 0 Å². The SMILES string of the molecule is CNC(Cc1ccc(C)cc1)c1c(C)oc(C)c1C. The van der Waals surface area contributed by atoms with Gasteiger partial charge in [0.05, 0.1) is 0 Å². The highest BCUT2D eigenvalue weighted by molar-refractivity contribution is 5.35. The summed E-state index contributed by atoms with van der Waals surface area (Å²) in [6, 6.07) is 9.06. The van der Waals surface area contributed by atoms with Crippen molar-refractivity contribution in [2.24, 2.45) is 0 Å². The van der Waals surface area contributed by atoms with Crippen molar-refractivity contribution in [2.45, 2.75) is 40.2 Å². The van der Waals surface area contributed by atoms with Gasteiger partial charge in [-0.05, 0) is 52.3 Å². The van der Waals surface area contributed by atoms with Crippen molar-refractivity contribution < 1.29 is 4.42 Å². The van der Waals surface area contributed by atoms with E-state index in [1.807, 2.05) is 14.0 Å². The maximum absolute atomic E-state index is 5.74. The van der Waals surface area contributed by atoms with E-state index >= 15 is 0 Å². The second-order valence-electron chi connectivity index (χ2n) is 5.28. The van der Waals surface area contributed by atoms with E-state index in [-0.39, 0.29) is 0 Å². The van der Waals surface area contributed by atoms with Crippen LogP contribution in [0.3, 0.4) is 0 Å². The predicted molar refractivity (Wildman–Crippen MR) is 79.6 cm³/mol. The molecule has 0 fully saturated rings. The summed E-state index contributed by atoms with van der Waals surface area (Å²) >= 11 is 0. The van der Waals surface area contributed by atoms with E-state index < -0.39 is 0 Å². The maximum atomic E-state index is 5.74. The third-order valence-electron chi connectivity index (χ3n) is 3.87. The third kappa shape index (κ3) is 2.90. The quantitative estimate of drug-likeness (QED) is 0.895. The topological polar surface area (TPSA) is 25.2 Å². The fourth-order valence-corrected chi connectivity index (χ4v) is 2.63. The zero-order valence-electron chi connectivity index (χ0n) is 12.5. The summed E-state index contributed by atoms with van der Waals surface area (Å²) in [6.45, 7) is 8.34. The molecule has 0 aliphatic carbocycles. The lowest BCUT2D eigenvalue weighted by molar-refractivity contribution is 0.489. The van der Waals surface area contributed by atoms with E-state index in [1.54, 1.807) is 0 Å². The van der Waals surface area contributed by atoms with Crippen molar-refractivity contribution in [3.63, 3.8) is 0 Å². The van der Waals surface area contributed by atoms with Gasteiger partial charge in [0.15, 0.2) is 0 Å². The Balaban J connectivity index is 2.27. The average molecular weight is 257 g/mol. The van der Waals surface area contributed by atoms with Crippen LogP contribution in [-0.2, 0) is 6.42 Å². The largest absolute Gasteiger partial charge is 0.466 e. The minimum Gasteiger partial charge on any atom is -0.466 e. The number of hydrogen-bond acceptors (Lipinski definition) is 2. The number of likely N-dealkylation sites (N-methyl/N-ethyl adjacent to an activating group) is 1. The summed E-state index contributed by atoms with van der Waals surface area (Å²) in [5.74, 6) is 2.05. The number of benzene rings is 1. The Bertz CT molecular complexity index is 551. The number of nitrogens with one attached hydrogen (secondary N) is 1. The highest BCUT2D eigenvalue weighted by Crippen LogP contribution is 2.29. The van der Waals surface area contributed by atoms with Gasteiger partial charge in [0.25, 0.3) is 0 Å². The molecule has 2 rings (SSSR count). The van der Waals surface area contributed by atoms with Crippen LogP contribution in [-0.4, -0.2) is 7.05 Å². The Hall–Kier alpha value is -1.54. The fourth-order valence-electron chi connectivity index (χ4n) is 2.63. The van der Waals surface area contributed by atoms with Crippen LogP contribution < -0.4 is 5.32 Å². The van der Waals surface area contributed by atoms with E-state index in [2.05, 4.69) is 50.4 Å². The molecular weight excluding hydrogens is 234 g/mol. The summed E-state index contributed by atoms with van der Waals surface area (Å²) < 4.78 is 5.74. The fraction of sp³-hybridized carbons (Fsp3) is 0.412. The van der Waals surface area contributed by atoms with Gasteiger partial charge in [-0.1, -0.05) is 29.8 Å². The molecule has 0 saturated carbocycles. The van der Waals surface area contributed by atoms with Gasteiger partial charge < -0.3 is 9.73 Å². The van der Waals surface area contributed by atoms with Gasteiger partial charge >= 0.3 is 0 Å². The molecular formula is C17H23NO. The molecule has 0 bridgehead atoms. The smallest absolute Gasteiger partial charge is 0.106 e. The van der Waals surface area contributed by atoms with Crippen LogP contribution in [0.1, 0.15) is 39.8 Å². The molecule has 1 heterocycles. The molecule has 0 saturated heterocycles. The Labute approximate surface area is 115 Å². The molecule has 0 aliphatic rings. The summed E-state index contributed by atoms with van der Waals surface area (Å²) in [4.78, 5) is 0. The van der Waals surface area contributed by atoms with Gasteiger partial charge in [0.1, 0.15) is 11.5 Å². The monoisotopic (exact) mass is 257 g/mol. The lowest BCUT2D eigenvalue weighted by Crippen LogP contribution is -2.20. The molecule has 2 heteroatoms. The van der Waals surface area contributed by atoms with E-state index in [9.17, 15) is 0 Å². The molecule has 19 heavy (non-hydrogen) atoms. The van der Waals surface area contributed by atoms with Crippen molar-refractivity contribution in [1.82, 2.24) is 5.32 Å². The van der Waals surface area contributed by atoms with Gasteiger partial charge in [-0.25, -0.2) is 0 Å². The molecule has 102 valence electrons. The average Bonchev–Trinajstić information content (AvgIpc) is 2.63. The van der Waals surface area contributed by atoms with E-state index in [0.717, 1.165) is 17.9 Å². The minimum atomic E-state index is 0.306. The van der Waals surface area contributed by atoms with Gasteiger partial charge in [0, 0.05) is 11.6 Å². The van der Waals surface area contributed by atoms with Crippen LogP contribution in [0, 0.1) is 27.7 Å². The van der Waals surface area contributed by atoms with Gasteiger partial charge in [-0.3, -0.25) is 0 Å². The lowest BCUT2D eigenvalue weighted by Gasteiger charge is -2.17. The number of aryl methyl sites for hydroxylation is 3. The zero-order valence-corrected chi connectivity index (χ0v) is 12.5. The molecule has 2 nitrogen and oxygen atoms in total. The highest BCUT2D eigenvalue weighted by Gasteiger charge is 2.19. The molecule has 1 atom stereocenters. The number of hydrogen-bond donors (Lipinski definition) is 1. The van der Waals surface area contributed by atoms with Crippen molar-refractivity contribution >= 4 is 0 Å². The molecule has 1 N–H and O–H groups in total. The second kappa shape index (κ2) is 5.62. The molecule has 2 aromatic rings. The van der Waals surface area contributed by atoms with Crippen LogP contribution in [0.25, 0.3) is 0 Å². The molecule has 0 amide bonds. The normalized spacial score (nSPS) is 12.7. The molecule has 0 radical (unpaired) electrons. The van der Waals surface area contributed by atoms with Crippen LogP contribution in [0.2, 0.25) is 0 Å². The molecule has 0 spiro atoms. The third-order valence-corrected chi connectivity index (χ3v) is 3.87. The highest BCUT2D eigenvalue weighted by atomic mass is 16.3. The predicted octanol–water partition coefficient (Wildman–Crippen LogP) is 4.02. The van der Waals surface area contributed by atoms with Crippen LogP contribution >= 0.6 is 0 Å². The standard InChI is InChI=1S/C17H23NO/c1-11-6-8-15(9-7-11)10-16(18-5)17-12(2)13(3)19-14(17)4/h6-9,16,18H,10H2,1-5H3. The molecule has 0 aliphatic heterocycles. The summed E-state index contributed by atoms with van der Waals surface area (Å²) in [7, 11) is 2.01. The number of furan rings is 1. The number of rotatable bonds is 4. The maximum Gasteiger partial charge on any atom is 0.106 e. The molecule has 1 aromatic heterocycles. The van der Waals surface area contributed by atoms with Crippen molar-refractivity contribution in [1.29, 1.82) is 0 Å². The van der Waals surface area contributed by atoms with Crippen LogP contribution in [0.5, 0.6) is 0 Å². The van der Waals surface area contributed by atoms with Crippen molar-refractivity contribution in [3.05, 3.63) is 58.0 Å². The van der Waals surface area contributed by atoms with Crippen LogP contribution in [0.4, 0.5) is 0 Å². The first-order valence-electron chi connectivity index (χ1n) is 6.82. The Morgan fingerprint density at radius 1 is 1.00 bits per heavy atom. The molecule has 1 unspecified atom stereocenters. The summed E-state index contributed by atoms with van der Waals surface area (Å²) in [6.07, 6.45) is 0.984. The minimum absolute atomic E-state index is 0.306. The zero-order chi connectivity index (χ0) is 14.0. The Morgan fingerprint density at radius 3 is 2.11 bits per heavy atom. The van der Waals surface area contributed by atoms with Crippen LogP contribution in [0.15, 0.2) is 28.7 Å². The summed E-state index contributed by atoms with van der Waals surface area (Å²) in [5, 5.41) is 3.42. The second-order valence-corrected chi connectivity index (χ2v) is 5.28. The first-order chi connectivity index (χ1) is 9.02. The van der Waals surface area contributed by atoms with E-state index in [1.165, 1.54) is 22.3 Å². The van der Waals surface area contributed by atoms with Gasteiger partial charge in [-0.2, -0.15) is 0 Å². The van der Waals surface area contributed by atoms with Crippen molar-refractivity contribution in [2.75, 3.05) is 7.05 Å². The van der Waals surface area contributed by atoms with Crippen molar-refractivity contribution in [3.8, 4) is 0 Å². The first kappa shape index (κ1) is 13.9. The molecule has 1 aromatic carbocycles. The van der Waals surface area contributed by atoms with E-state index in [0.29, 0.717) is 6.04 Å². The van der Waals surface area contributed by atoms with E-state index in [4.69, 9.17) is 4.42 Å². The first-order valence-corrected chi connectivity index (χ1v) is 6.82. The Kier molecular flexibility index (Phi) is 4.11. The summed E-state index contributed by atoms with van der Waals surface area (Å²) in [5.41, 5.74) is 5.23.